The Labute approximate surface area is 117 Å². The number of hydrogen-bond acceptors (Lipinski definition) is 4. The van der Waals surface area contributed by atoms with E-state index in [0.29, 0.717) is 16.8 Å². The Balaban J connectivity index is 2.40. The average Bonchev–Trinajstić information content (AvgIpc) is 2.44. The molecule has 0 aliphatic carbocycles. The standard InChI is InChI=1S/C14H16ClN3O/c1-4-12-17-13(15)9(2)14(18-12)16-10-7-5-6-8-11(10)19-3/h5-8H,4H2,1-3H3,(H,16,17,18). The smallest absolute Gasteiger partial charge is 0.142 e. The number of ether oxygens (including phenoxy) is 1. The topological polar surface area (TPSA) is 47.0 Å². The van der Waals surface area contributed by atoms with E-state index in [1.807, 2.05) is 38.1 Å². The summed E-state index contributed by atoms with van der Waals surface area (Å²) in [5.74, 6) is 2.18. The first-order chi connectivity index (χ1) is 9.15. The Morgan fingerprint density at radius 3 is 2.68 bits per heavy atom. The van der Waals surface area contributed by atoms with Gasteiger partial charge >= 0.3 is 0 Å². The first kappa shape index (κ1) is 13.6. The van der Waals surface area contributed by atoms with Crippen molar-refractivity contribution in [3.8, 4) is 5.75 Å². The summed E-state index contributed by atoms with van der Waals surface area (Å²) in [6, 6.07) is 7.67. The minimum atomic E-state index is 0.476. The highest BCUT2D eigenvalue weighted by molar-refractivity contribution is 6.30. The van der Waals surface area contributed by atoms with Crippen LogP contribution in [0.1, 0.15) is 18.3 Å². The quantitative estimate of drug-likeness (QED) is 0.865. The maximum Gasteiger partial charge on any atom is 0.142 e. The van der Waals surface area contributed by atoms with Crippen LogP contribution in [0.3, 0.4) is 0 Å². The highest BCUT2D eigenvalue weighted by Crippen LogP contribution is 2.29. The second-order valence-electron chi connectivity index (χ2n) is 4.08. The van der Waals surface area contributed by atoms with Crippen LogP contribution in [-0.4, -0.2) is 17.1 Å². The molecule has 19 heavy (non-hydrogen) atoms. The van der Waals surface area contributed by atoms with Gasteiger partial charge in [0, 0.05) is 12.0 Å². The molecule has 100 valence electrons. The molecule has 0 bridgehead atoms. The van der Waals surface area contributed by atoms with E-state index in [4.69, 9.17) is 16.3 Å². The van der Waals surface area contributed by atoms with Crippen LogP contribution >= 0.6 is 11.6 Å². The summed E-state index contributed by atoms with van der Waals surface area (Å²) in [5.41, 5.74) is 1.68. The van der Waals surface area contributed by atoms with Gasteiger partial charge in [-0.3, -0.25) is 0 Å². The molecule has 1 aromatic carbocycles. The fraction of sp³-hybridized carbons (Fsp3) is 0.286. The lowest BCUT2D eigenvalue weighted by molar-refractivity contribution is 0.417. The molecule has 0 atom stereocenters. The van der Waals surface area contributed by atoms with Crippen LogP contribution in [0.5, 0.6) is 5.75 Å². The monoisotopic (exact) mass is 277 g/mol. The molecule has 0 saturated heterocycles. The molecule has 0 aliphatic rings. The van der Waals surface area contributed by atoms with Crippen LogP contribution in [0.4, 0.5) is 11.5 Å². The van der Waals surface area contributed by atoms with Gasteiger partial charge in [0.25, 0.3) is 0 Å². The molecule has 2 aromatic rings. The van der Waals surface area contributed by atoms with E-state index in [1.54, 1.807) is 7.11 Å². The van der Waals surface area contributed by atoms with Gasteiger partial charge in [-0.15, -0.1) is 0 Å². The fourth-order valence-electron chi connectivity index (χ4n) is 1.69. The minimum Gasteiger partial charge on any atom is -0.495 e. The molecular weight excluding hydrogens is 262 g/mol. The van der Waals surface area contributed by atoms with Crippen molar-refractivity contribution in [1.29, 1.82) is 0 Å². The maximum atomic E-state index is 6.12. The summed E-state index contributed by atoms with van der Waals surface area (Å²) in [6.45, 7) is 3.88. The van der Waals surface area contributed by atoms with Crippen molar-refractivity contribution in [1.82, 2.24) is 9.97 Å². The molecule has 1 heterocycles. The van der Waals surface area contributed by atoms with Crippen molar-refractivity contribution in [2.75, 3.05) is 12.4 Å². The molecule has 0 amide bonds. The number of rotatable bonds is 4. The molecule has 5 heteroatoms. The number of aryl methyl sites for hydroxylation is 1. The third-order valence-electron chi connectivity index (χ3n) is 2.81. The molecular formula is C14H16ClN3O. The second-order valence-corrected chi connectivity index (χ2v) is 4.44. The van der Waals surface area contributed by atoms with Gasteiger partial charge < -0.3 is 10.1 Å². The lowest BCUT2D eigenvalue weighted by Crippen LogP contribution is -2.04. The van der Waals surface area contributed by atoms with Gasteiger partial charge in [-0.2, -0.15) is 0 Å². The van der Waals surface area contributed by atoms with Crippen LogP contribution in [0, 0.1) is 6.92 Å². The zero-order valence-electron chi connectivity index (χ0n) is 11.2. The summed E-state index contributed by atoms with van der Waals surface area (Å²) in [7, 11) is 1.64. The zero-order valence-corrected chi connectivity index (χ0v) is 12.0. The zero-order chi connectivity index (χ0) is 13.8. The first-order valence-corrected chi connectivity index (χ1v) is 6.46. The van der Waals surface area contributed by atoms with Crippen LogP contribution in [0.2, 0.25) is 5.15 Å². The van der Waals surface area contributed by atoms with E-state index >= 15 is 0 Å². The number of hydrogen-bond donors (Lipinski definition) is 1. The van der Waals surface area contributed by atoms with Crippen molar-refractivity contribution < 1.29 is 4.74 Å². The largest absolute Gasteiger partial charge is 0.495 e. The first-order valence-electron chi connectivity index (χ1n) is 6.08. The number of nitrogens with one attached hydrogen (secondary N) is 1. The van der Waals surface area contributed by atoms with Gasteiger partial charge in [0.1, 0.15) is 22.5 Å². The maximum absolute atomic E-state index is 6.12. The summed E-state index contributed by atoms with van der Waals surface area (Å²) in [5, 5.41) is 3.72. The predicted octanol–water partition coefficient (Wildman–Crippen LogP) is 3.75. The third-order valence-corrected chi connectivity index (χ3v) is 3.18. The van der Waals surface area contributed by atoms with Crippen molar-refractivity contribution in [2.24, 2.45) is 0 Å². The number of aromatic nitrogens is 2. The molecule has 1 aromatic heterocycles. The van der Waals surface area contributed by atoms with Crippen molar-refractivity contribution in [3.63, 3.8) is 0 Å². The van der Waals surface area contributed by atoms with Crippen LogP contribution in [0.15, 0.2) is 24.3 Å². The van der Waals surface area contributed by atoms with E-state index < -0.39 is 0 Å². The number of nitrogens with zero attached hydrogens (tertiary/aromatic N) is 2. The number of methoxy groups -OCH3 is 1. The van der Waals surface area contributed by atoms with Crippen LogP contribution in [0.25, 0.3) is 0 Å². The second kappa shape index (κ2) is 5.89. The lowest BCUT2D eigenvalue weighted by Gasteiger charge is -2.13. The van der Waals surface area contributed by atoms with E-state index in [9.17, 15) is 0 Å². The highest BCUT2D eigenvalue weighted by Gasteiger charge is 2.10. The van der Waals surface area contributed by atoms with E-state index in [0.717, 1.165) is 23.4 Å². The average molecular weight is 278 g/mol. The number of benzene rings is 1. The number of anilines is 2. The Morgan fingerprint density at radius 2 is 2.00 bits per heavy atom. The van der Waals surface area contributed by atoms with E-state index in [1.165, 1.54) is 0 Å². The number of halogens is 1. The molecule has 0 unspecified atom stereocenters. The Kier molecular flexibility index (Phi) is 4.22. The summed E-state index contributed by atoms with van der Waals surface area (Å²) < 4.78 is 5.31. The summed E-state index contributed by atoms with van der Waals surface area (Å²) in [6.07, 6.45) is 0.737. The van der Waals surface area contributed by atoms with Gasteiger partial charge in [-0.25, -0.2) is 9.97 Å². The highest BCUT2D eigenvalue weighted by atomic mass is 35.5. The van der Waals surface area contributed by atoms with Gasteiger partial charge in [0.05, 0.1) is 12.8 Å². The molecule has 0 spiro atoms. The molecule has 0 saturated carbocycles. The molecule has 0 aliphatic heterocycles. The van der Waals surface area contributed by atoms with Gasteiger partial charge in [0.15, 0.2) is 0 Å². The van der Waals surface area contributed by atoms with Crippen LogP contribution < -0.4 is 10.1 Å². The molecule has 0 fully saturated rings. The van der Waals surface area contributed by atoms with Crippen LogP contribution in [-0.2, 0) is 6.42 Å². The van der Waals surface area contributed by atoms with Crippen molar-refractivity contribution in [3.05, 3.63) is 40.8 Å². The fourth-order valence-corrected chi connectivity index (χ4v) is 1.88. The minimum absolute atomic E-state index is 0.476. The Morgan fingerprint density at radius 1 is 1.26 bits per heavy atom. The van der Waals surface area contributed by atoms with Gasteiger partial charge in [-0.05, 0) is 19.1 Å². The molecule has 1 N–H and O–H groups in total. The predicted molar refractivity (Wildman–Crippen MR) is 77.4 cm³/mol. The third kappa shape index (κ3) is 2.96. The van der Waals surface area contributed by atoms with Gasteiger partial charge in [-0.1, -0.05) is 30.7 Å². The normalized spacial score (nSPS) is 10.3. The molecule has 0 radical (unpaired) electrons. The summed E-state index contributed by atoms with van der Waals surface area (Å²) >= 11 is 6.12. The summed E-state index contributed by atoms with van der Waals surface area (Å²) in [4.78, 5) is 8.68. The Bertz CT molecular complexity index is 587. The van der Waals surface area contributed by atoms with E-state index in [2.05, 4.69) is 15.3 Å². The van der Waals surface area contributed by atoms with Crippen molar-refractivity contribution in [2.45, 2.75) is 20.3 Å². The lowest BCUT2D eigenvalue weighted by atomic mass is 10.2. The Hall–Kier alpha value is -1.81. The van der Waals surface area contributed by atoms with Crippen molar-refractivity contribution >= 4 is 23.1 Å². The SMILES string of the molecule is CCc1nc(Cl)c(C)c(Nc2ccccc2OC)n1. The van der Waals surface area contributed by atoms with Gasteiger partial charge in [0.2, 0.25) is 0 Å². The van der Waals surface area contributed by atoms with E-state index in [-0.39, 0.29) is 0 Å². The number of para-hydroxylation sites is 2. The molecule has 2 rings (SSSR count). The molecule has 4 nitrogen and oxygen atoms in total.